The van der Waals surface area contributed by atoms with E-state index in [2.05, 4.69) is 28.9 Å². The van der Waals surface area contributed by atoms with Crippen LogP contribution in [0.15, 0.2) is 28.8 Å². The van der Waals surface area contributed by atoms with Crippen molar-refractivity contribution in [3.63, 3.8) is 0 Å². The normalized spacial score (nSPS) is 12.9. The molecule has 22 heavy (non-hydrogen) atoms. The molecule has 0 saturated heterocycles. The van der Waals surface area contributed by atoms with Gasteiger partial charge in [-0.05, 0) is 45.0 Å². The quantitative estimate of drug-likeness (QED) is 0.846. The molecule has 2 rings (SSSR count). The van der Waals surface area contributed by atoms with Gasteiger partial charge >= 0.3 is 0 Å². The summed E-state index contributed by atoms with van der Waals surface area (Å²) < 4.78 is 10.5. The summed E-state index contributed by atoms with van der Waals surface area (Å²) >= 11 is 0. The highest BCUT2D eigenvalue weighted by atomic mass is 16.5. The Kier molecular flexibility index (Phi) is 5.51. The molecular formula is C16H23N3O3. The Balaban J connectivity index is 2.09. The highest BCUT2D eigenvalue weighted by Crippen LogP contribution is 2.20. The van der Waals surface area contributed by atoms with Crippen molar-refractivity contribution in [1.82, 2.24) is 15.0 Å². The molecule has 6 nitrogen and oxygen atoms in total. The van der Waals surface area contributed by atoms with E-state index >= 15 is 0 Å². The lowest BCUT2D eigenvalue weighted by Gasteiger charge is -2.25. The van der Waals surface area contributed by atoms with E-state index in [9.17, 15) is 5.11 Å². The van der Waals surface area contributed by atoms with Crippen LogP contribution >= 0.6 is 0 Å². The van der Waals surface area contributed by atoms with E-state index in [1.807, 2.05) is 24.3 Å². The highest BCUT2D eigenvalue weighted by Gasteiger charge is 2.17. The Morgan fingerprint density at radius 2 is 1.91 bits per heavy atom. The third-order valence-corrected chi connectivity index (χ3v) is 3.38. The van der Waals surface area contributed by atoms with E-state index in [0.29, 0.717) is 24.8 Å². The first-order chi connectivity index (χ1) is 10.5. The predicted octanol–water partition coefficient (Wildman–Crippen LogP) is 2.34. The lowest BCUT2D eigenvalue weighted by atomic mass is 10.2. The molecule has 1 atom stereocenters. The van der Waals surface area contributed by atoms with Crippen molar-refractivity contribution in [2.24, 2.45) is 0 Å². The van der Waals surface area contributed by atoms with Crippen LogP contribution in [0.2, 0.25) is 0 Å². The maximum absolute atomic E-state index is 9.56. The van der Waals surface area contributed by atoms with Gasteiger partial charge in [0.2, 0.25) is 11.7 Å². The van der Waals surface area contributed by atoms with Gasteiger partial charge in [0.1, 0.15) is 5.75 Å². The minimum atomic E-state index is -0.397. The largest absolute Gasteiger partial charge is 0.497 e. The van der Waals surface area contributed by atoms with Crippen molar-refractivity contribution >= 4 is 0 Å². The number of hydrogen-bond donors (Lipinski definition) is 1. The van der Waals surface area contributed by atoms with E-state index in [-0.39, 0.29) is 6.04 Å². The topological polar surface area (TPSA) is 71.6 Å². The molecule has 0 aliphatic heterocycles. The molecule has 0 aliphatic carbocycles. The van der Waals surface area contributed by atoms with E-state index in [1.165, 1.54) is 0 Å². The van der Waals surface area contributed by atoms with Gasteiger partial charge in [-0.15, -0.1) is 0 Å². The molecule has 120 valence electrons. The van der Waals surface area contributed by atoms with Gasteiger partial charge in [0.25, 0.3) is 0 Å². The van der Waals surface area contributed by atoms with Gasteiger partial charge in [-0.2, -0.15) is 4.98 Å². The van der Waals surface area contributed by atoms with Gasteiger partial charge < -0.3 is 14.4 Å². The minimum Gasteiger partial charge on any atom is -0.497 e. The van der Waals surface area contributed by atoms with Crippen LogP contribution in [0.3, 0.4) is 0 Å². The summed E-state index contributed by atoms with van der Waals surface area (Å²) in [4.78, 5) is 6.52. The van der Waals surface area contributed by atoms with Crippen LogP contribution in [0, 0.1) is 0 Å². The zero-order valence-corrected chi connectivity index (χ0v) is 13.5. The Morgan fingerprint density at radius 1 is 1.23 bits per heavy atom. The van der Waals surface area contributed by atoms with Gasteiger partial charge in [0.05, 0.1) is 19.8 Å². The lowest BCUT2D eigenvalue weighted by molar-refractivity contribution is 0.0943. The predicted molar refractivity (Wildman–Crippen MR) is 83.5 cm³/mol. The summed E-state index contributed by atoms with van der Waals surface area (Å²) in [5.74, 6) is 1.88. The van der Waals surface area contributed by atoms with Crippen molar-refractivity contribution in [3.05, 3.63) is 30.2 Å². The first kappa shape index (κ1) is 16.5. The van der Waals surface area contributed by atoms with E-state index in [4.69, 9.17) is 9.26 Å². The molecule has 1 N–H and O–H groups in total. The molecule has 6 heteroatoms. The molecule has 1 unspecified atom stereocenters. The summed E-state index contributed by atoms with van der Waals surface area (Å²) in [7, 11) is 1.63. The van der Waals surface area contributed by atoms with Crippen LogP contribution in [0.1, 0.15) is 26.7 Å². The molecule has 0 saturated carbocycles. The maximum atomic E-state index is 9.56. The van der Waals surface area contributed by atoms with Gasteiger partial charge in [-0.25, -0.2) is 0 Å². The van der Waals surface area contributed by atoms with Gasteiger partial charge in [-0.1, -0.05) is 5.16 Å². The van der Waals surface area contributed by atoms with Crippen LogP contribution in [-0.4, -0.2) is 45.9 Å². The third-order valence-electron chi connectivity index (χ3n) is 3.38. The van der Waals surface area contributed by atoms with Crippen molar-refractivity contribution in [3.8, 4) is 17.1 Å². The smallest absolute Gasteiger partial charge is 0.241 e. The molecule has 0 radical (unpaired) electrons. The summed E-state index contributed by atoms with van der Waals surface area (Å²) in [5, 5.41) is 13.6. The standard InChI is InChI=1S/C16H23N3O3/c1-11(2)19(9-12(3)20)10-15-17-16(18-22-15)13-5-7-14(21-4)8-6-13/h5-8,11-12,20H,9-10H2,1-4H3. The number of aromatic nitrogens is 2. The van der Waals surface area contributed by atoms with Crippen molar-refractivity contribution in [1.29, 1.82) is 0 Å². The fraction of sp³-hybridized carbons (Fsp3) is 0.500. The Labute approximate surface area is 130 Å². The van der Waals surface area contributed by atoms with Crippen LogP contribution < -0.4 is 4.74 Å². The molecule has 0 bridgehead atoms. The zero-order chi connectivity index (χ0) is 16.1. The first-order valence-corrected chi connectivity index (χ1v) is 7.38. The van der Waals surface area contributed by atoms with Crippen LogP contribution in [-0.2, 0) is 6.54 Å². The lowest BCUT2D eigenvalue weighted by Crippen LogP contribution is -2.36. The van der Waals surface area contributed by atoms with Crippen LogP contribution in [0.25, 0.3) is 11.4 Å². The van der Waals surface area contributed by atoms with Crippen LogP contribution in [0.5, 0.6) is 5.75 Å². The second-order valence-electron chi connectivity index (χ2n) is 5.61. The number of aliphatic hydroxyl groups excluding tert-OH is 1. The fourth-order valence-corrected chi connectivity index (χ4v) is 2.15. The van der Waals surface area contributed by atoms with Gasteiger partial charge in [0, 0.05) is 18.2 Å². The number of methoxy groups -OCH3 is 1. The third kappa shape index (κ3) is 4.29. The summed E-state index contributed by atoms with van der Waals surface area (Å²) in [5.41, 5.74) is 0.877. The number of nitrogens with zero attached hydrogens (tertiary/aromatic N) is 3. The van der Waals surface area contributed by atoms with Crippen molar-refractivity contribution in [2.75, 3.05) is 13.7 Å². The average Bonchev–Trinajstić information content (AvgIpc) is 2.94. The number of rotatable bonds is 7. The average molecular weight is 305 g/mol. The first-order valence-electron chi connectivity index (χ1n) is 7.38. The van der Waals surface area contributed by atoms with Crippen molar-refractivity contribution < 1.29 is 14.4 Å². The van der Waals surface area contributed by atoms with Crippen LogP contribution in [0.4, 0.5) is 0 Å². The summed E-state index contributed by atoms with van der Waals surface area (Å²) in [6.45, 7) is 7.00. The second kappa shape index (κ2) is 7.38. The monoisotopic (exact) mass is 305 g/mol. The Hall–Kier alpha value is -1.92. The van der Waals surface area contributed by atoms with E-state index in [0.717, 1.165) is 11.3 Å². The van der Waals surface area contributed by atoms with Gasteiger partial charge in [-0.3, -0.25) is 4.90 Å². The molecule has 2 aromatic rings. The second-order valence-corrected chi connectivity index (χ2v) is 5.61. The minimum absolute atomic E-state index is 0.283. The van der Waals surface area contributed by atoms with E-state index in [1.54, 1.807) is 14.0 Å². The Morgan fingerprint density at radius 3 is 2.45 bits per heavy atom. The molecule has 0 spiro atoms. The number of ether oxygens (including phenoxy) is 1. The number of aliphatic hydroxyl groups is 1. The fourth-order valence-electron chi connectivity index (χ4n) is 2.15. The van der Waals surface area contributed by atoms with Gasteiger partial charge in [0.15, 0.2) is 0 Å². The van der Waals surface area contributed by atoms with Crippen molar-refractivity contribution in [2.45, 2.75) is 39.5 Å². The maximum Gasteiger partial charge on any atom is 0.241 e. The SMILES string of the molecule is COc1ccc(-c2noc(CN(CC(C)O)C(C)C)n2)cc1. The van der Waals surface area contributed by atoms with E-state index < -0.39 is 6.10 Å². The molecular weight excluding hydrogens is 282 g/mol. The number of benzene rings is 1. The zero-order valence-electron chi connectivity index (χ0n) is 13.5. The molecule has 0 aliphatic rings. The molecule has 1 heterocycles. The Bertz CT molecular complexity index is 579. The highest BCUT2D eigenvalue weighted by molar-refractivity contribution is 5.55. The summed E-state index contributed by atoms with van der Waals surface area (Å²) in [6.07, 6.45) is -0.397. The molecule has 1 aromatic carbocycles. The summed E-state index contributed by atoms with van der Waals surface area (Å²) in [6, 6.07) is 7.79. The molecule has 0 fully saturated rings. The molecule has 0 amide bonds. The number of hydrogen-bond acceptors (Lipinski definition) is 6. The molecule has 1 aromatic heterocycles.